The molecule has 2 aromatic heterocycles. The van der Waals surface area contributed by atoms with E-state index in [1.54, 1.807) is 41.6 Å². The average molecular weight is 474 g/mol. The zero-order valence-electron chi connectivity index (χ0n) is 19.5. The van der Waals surface area contributed by atoms with Crippen molar-refractivity contribution in [2.45, 2.75) is 50.7 Å². The molecule has 1 N–H and O–H groups in total. The first-order valence-electron chi connectivity index (χ1n) is 12.2. The molecule has 3 aromatic rings. The van der Waals surface area contributed by atoms with Gasteiger partial charge in [-0.1, -0.05) is 12.8 Å². The second-order valence-electron chi connectivity index (χ2n) is 9.29. The van der Waals surface area contributed by atoms with E-state index in [-0.39, 0.29) is 18.5 Å². The summed E-state index contributed by atoms with van der Waals surface area (Å²) in [6.07, 6.45) is 10.1. The number of halogens is 1. The van der Waals surface area contributed by atoms with E-state index < -0.39 is 6.17 Å². The van der Waals surface area contributed by atoms with Gasteiger partial charge in [0.25, 0.3) is 5.91 Å². The summed E-state index contributed by atoms with van der Waals surface area (Å²) in [7, 11) is 0. The molecule has 1 aliphatic carbocycles. The van der Waals surface area contributed by atoms with E-state index in [1.165, 1.54) is 12.8 Å². The maximum absolute atomic E-state index is 13.4. The van der Waals surface area contributed by atoms with Crippen LogP contribution in [0.1, 0.15) is 54.9 Å². The van der Waals surface area contributed by atoms with Crippen LogP contribution in [0.25, 0.3) is 11.3 Å². The third-order valence-electron chi connectivity index (χ3n) is 6.94. The minimum atomic E-state index is -0.934. The van der Waals surface area contributed by atoms with Crippen LogP contribution in [0.2, 0.25) is 0 Å². The van der Waals surface area contributed by atoms with Crippen molar-refractivity contribution >= 4 is 17.5 Å². The van der Waals surface area contributed by atoms with Gasteiger partial charge in [-0.2, -0.15) is 10.4 Å². The van der Waals surface area contributed by atoms with Crippen LogP contribution in [0.15, 0.2) is 48.9 Å². The number of likely N-dealkylation sites (tertiary alicyclic amines) is 1. The second-order valence-corrected chi connectivity index (χ2v) is 9.29. The SMILES string of the molecule is N#CCC(C1CCCC1)n1cc(-c2ccnc(Nc3ccc(C(=O)N4CC[C@H](F)C4)cc3)n2)cn1. The Morgan fingerprint density at radius 1 is 1.20 bits per heavy atom. The number of aromatic nitrogens is 4. The van der Waals surface area contributed by atoms with E-state index in [2.05, 4.69) is 26.5 Å². The molecule has 35 heavy (non-hydrogen) atoms. The summed E-state index contributed by atoms with van der Waals surface area (Å²) in [5.74, 6) is 0.765. The lowest BCUT2D eigenvalue weighted by molar-refractivity contribution is 0.0783. The van der Waals surface area contributed by atoms with E-state index in [4.69, 9.17) is 0 Å². The second kappa shape index (κ2) is 10.2. The Morgan fingerprint density at radius 3 is 2.71 bits per heavy atom. The summed E-state index contributed by atoms with van der Waals surface area (Å²) >= 11 is 0. The molecular formula is C26H28FN7O. The molecule has 1 saturated heterocycles. The van der Waals surface area contributed by atoms with E-state index in [9.17, 15) is 14.4 Å². The van der Waals surface area contributed by atoms with Gasteiger partial charge in [-0.05, 0) is 55.5 Å². The number of hydrogen-bond donors (Lipinski definition) is 1. The predicted octanol–water partition coefficient (Wildman–Crippen LogP) is 4.91. The Kier molecular flexibility index (Phi) is 6.70. The Labute approximate surface area is 203 Å². The predicted molar refractivity (Wildman–Crippen MR) is 130 cm³/mol. The fourth-order valence-corrected chi connectivity index (χ4v) is 5.05. The highest BCUT2D eigenvalue weighted by molar-refractivity contribution is 5.94. The molecule has 0 bridgehead atoms. The lowest BCUT2D eigenvalue weighted by Gasteiger charge is -2.21. The van der Waals surface area contributed by atoms with Crippen molar-refractivity contribution < 1.29 is 9.18 Å². The summed E-state index contributed by atoms with van der Waals surface area (Å²) in [4.78, 5) is 23.0. The van der Waals surface area contributed by atoms with Gasteiger partial charge in [-0.25, -0.2) is 14.4 Å². The normalized spacial score (nSPS) is 19.0. The minimum Gasteiger partial charge on any atom is -0.336 e. The standard InChI is InChI=1S/C26H28FN7O/c27-21-11-14-33(17-21)25(35)19-5-7-22(8-6-19)31-26-29-13-10-23(32-26)20-15-30-34(16-20)24(9-12-28)18-3-1-2-4-18/h5-8,10,13,15-16,18,21,24H,1-4,9,11,14,17H2,(H,29,31,32)/t21-,24?/m0/s1. The number of carbonyl (C=O) groups excluding carboxylic acids is 1. The number of nitriles is 1. The molecule has 1 aromatic carbocycles. The van der Waals surface area contributed by atoms with Crippen LogP contribution in [0, 0.1) is 17.2 Å². The molecule has 1 saturated carbocycles. The molecule has 1 aliphatic heterocycles. The summed E-state index contributed by atoms with van der Waals surface area (Å²) in [5.41, 5.74) is 2.88. The minimum absolute atomic E-state index is 0.0910. The Morgan fingerprint density at radius 2 is 2.00 bits per heavy atom. The molecule has 3 heterocycles. The number of benzene rings is 1. The number of amides is 1. The monoisotopic (exact) mass is 473 g/mol. The Bertz CT molecular complexity index is 1210. The maximum Gasteiger partial charge on any atom is 0.253 e. The Hall–Kier alpha value is -3.80. The van der Waals surface area contributed by atoms with Gasteiger partial charge in [-0.3, -0.25) is 9.48 Å². The first-order valence-corrected chi connectivity index (χ1v) is 12.2. The van der Waals surface area contributed by atoms with Crippen molar-refractivity contribution in [2.24, 2.45) is 5.92 Å². The van der Waals surface area contributed by atoms with Crippen LogP contribution >= 0.6 is 0 Å². The lowest BCUT2D eigenvalue weighted by Crippen LogP contribution is -2.28. The molecule has 2 fully saturated rings. The zero-order valence-corrected chi connectivity index (χ0v) is 19.5. The van der Waals surface area contributed by atoms with Gasteiger partial charge in [0.1, 0.15) is 6.17 Å². The molecule has 8 nitrogen and oxygen atoms in total. The largest absolute Gasteiger partial charge is 0.336 e. The molecule has 1 amide bonds. The van der Waals surface area contributed by atoms with E-state index in [0.717, 1.165) is 29.8 Å². The highest BCUT2D eigenvalue weighted by atomic mass is 19.1. The number of anilines is 2. The van der Waals surface area contributed by atoms with Gasteiger partial charge in [0.05, 0.1) is 37.0 Å². The number of nitrogens with one attached hydrogen (secondary N) is 1. The molecule has 1 unspecified atom stereocenters. The van der Waals surface area contributed by atoms with Gasteiger partial charge < -0.3 is 10.2 Å². The highest BCUT2D eigenvalue weighted by Gasteiger charge is 2.28. The first-order chi connectivity index (χ1) is 17.1. The number of rotatable bonds is 7. The highest BCUT2D eigenvalue weighted by Crippen LogP contribution is 2.36. The van der Waals surface area contributed by atoms with Crippen molar-refractivity contribution in [3.05, 3.63) is 54.5 Å². The van der Waals surface area contributed by atoms with Crippen LogP contribution in [-0.2, 0) is 0 Å². The summed E-state index contributed by atoms with van der Waals surface area (Å²) in [6, 6.07) is 11.3. The maximum atomic E-state index is 13.4. The van der Waals surface area contributed by atoms with Gasteiger partial charge >= 0.3 is 0 Å². The number of carbonyl (C=O) groups is 1. The molecule has 2 atom stereocenters. The summed E-state index contributed by atoms with van der Waals surface area (Å²) in [5, 5.41) is 17.0. The van der Waals surface area contributed by atoms with Crippen LogP contribution in [0.5, 0.6) is 0 Å². The van der Waals surface area contributed by atoms with Crippen molar-refractivity contribution in [2.75, 3.05) is 18.4 Å². The van der Waals surface area contributed by atoms with Crippen LogP contribution in [0.4, 0.5) is 16.0 Å². The molecule has 9 heteroatoms. The molecule has 5 rings (SSSR count). The molecule has 2 aliphatic rings. The van der Waals surface area contributed by atoms with Crippen molar-refractivity contribution in [1.82, 2.24) is 24.6 Å². The van der Waals surface area contributed by atoms with Gasteiger partial charge in [0.15, 0.2) is 0 Å². The van der Waals surface area contributed by atoms with E-state index >= 15 is 0 Å². The van der Waals surface area contributed by atoms with Crippen molar-refractivity contribution in [3.8, 4) is 17.3 Å². The average Bonchev–Trinajstić information content (AvgIpc) is 3.65. The quantitative estimate of drug-likeness (QED) is 0.523. The molecule has 0 spiro atoms. The summed E-state index contributed by atoms with van der Waals surface area (Å²) < 4.78 is 15.3. The van der Waals surface area contributed by atoms with E-state index in [1.807, 2.05) is 16.9 Å². The smallest absolute Gasteiger partial charge is 0.253 e. The van der Waals surface area contributed by atoms with Gasteiger partial charge in [0.2, 0.25) is 5.95 Å². The zero-order chi connectivity index (χ0) is 24.2. The van der Waals surface area contributed by atoms with Crippen molar-refractivity contribution in [3.63, 3.8) is 0 Å². The lowest BCUT2D eigenvalue weighted by atomic mass is 9.96. The van der Waals surface area contributed by atoms with Crippen LogP contribution < -0.4 is 5.32 Å². The molecule has 180 valence electrons. The van der Waals surface area contributed by atoms with Gasteiger partial charge in [-0.15, -0.1) is 0 Å². The third kappa shape index (κ3) is 5.16. The Balaban J connectivity index is 1.27. The molecular weight excluding hydrogens is 445 g/mol. The van der Waals surface area contributed by atoms with E-state index in [0.29, 0.717) is 36.8 Å². The topological polar surface area (TPSA) is 99.7 Å². The number of alkyl halides is 1. The van der Waals surface area contributed by atoms with Gasteiger partial charge in [0, 0.05) is 35.8 Å². The number of nitrogens with zero attached hydrogens (tertiary/aromatic N) is 6. The van der Waals surface area contributed by atoms with Crippen molar-refractivity contribution in [1.29, 1.82) is 5.26 Å². The summed E-state index contributed by atoms with van der Waals surface area (Å²) in [6.45, 7) is 0.614. The number of hydrogen-bond acceptors (Lipinski definition) is 6. The van der Waals surface area contributed by atoms with Crippen LogP contribution in [-0.4, -0.2) is 49.8 Å². The fourth-order valence-electron chi connectivity index (χ4n) is 5.05. The first kappa shape index (κ1) is 23.0. The third-order valence-corrected chi connectivity index (χ3v) is 6.94. The van der Waals surface area contributed by atoms with Crippen LogP contribution in [0.3, 0.4) is 0 Å². The fraction of sp³-hybridized carbons (Fsp3) is 0.423. The molecule has 0 radical (unpaired) electrons.